The lowest BCUT2D eigenvalue weighted by Crippen LogP contribution is -2.17. The fourth-order valence-corrected chi connectivity index (χ4v) is 3.09. The van der Waals surface area contributed by atoms with E-state index in [-0.39, 0.29) is 11.3 Å². The maximum Gasteiger partial charge on any atom is 0.573 e. The zero-order chi connectivity index (χ0) is 21.0. The first kappa shape index (κ1) is 20.5. The molecule has 5 nitrogen and oxygen atoms in total. The monoisotopic (exact) mass is 405 g/mol. The molecule has 3 rings (SSSR count). The second-order valence-corrected chi connectivity index (χ2v) is 6.26. The smallest absolute Gasteiger partial charge is 0.495 e. The molecule has 3 aromatic rings. The molecular weight excluding hydrogens is 387 g/mol. The Kier molecular flexibility index (Phi) is 5.93. The summed E-state index contributed by atoms with van der Waals surface area (Å²) in [6, 6.07) is 14.4. The van der Waals surface area contributed by atoms with Crippen LogP contribution < -0.4 is 14.8 Å². The predicted molar refractivity (Wildman–Crippen MR) is 101 cm³/mol. The zero-order valence-corrected chi connectivity index (χ0v) is 15.4. The average Bonchev–Trinajstić information content (AvgIpc) is 2.67. The van der Waals surface area contributed by atoms with Gasteiger partial charge in [-0.2, -0.15) is 0 Å². The Labute approximate surface area is 164 Å². The van der Waals surface area contributed by atoms with Gasteiger partial charge in [-0.05, 0) is 34.7 Å². The van der Waals surface area contributed by atoms with E-state index < -0.39 is 12.3 Å². The van der Waals surface area contributed by atoms with Gasteiger partial charge in [-0.1, -0.05) is 36.4 Å². The SMILES string of the molecule is COc1c(C(=O)O)ccc2c(CNCc3ccc(OC(F)(F)F)cc3)cccc12. The lowest BCUT2D eigenvalue weighted by molar-refractivity contribution is -0.274. The van der Waals surface area contributed by atoms with Crippen LogP contribution in [0.25, 0.3) is 10.8 Å². The number of methoxy groups -OCH3 is 1. The van der Waals surface area contributed by atoms with Crippen LogP contribution >= 0.6 is 0 Å². The van der Waals surface area contributed by atoms with Gasteiger partial charge in [-0.25, -0.2) is 4.79 Å². The molecule has 0 spiro atoms. The molecule has 0 aliphatic rings. The number of hydrogen-bond acceptors (Lipinski definition) is 4. The van der Waals surface area contributed by atoms with Gasteiger partial charge in [0.05, 0.1) is 7.11 Å². The first-order valence-corrected chi connectivity index (χ1v) is 8.66. The number of nitrogens with one attached hydrogen (secondary N) is 1. The Morgan fingerprint density at radius 2 is 1.72 bits per heavy atom. The average molecular weight is 405 g/mol. The van der Waals surface area contributed by atoms with Crippen LogP contribution in [0, 0.1) is 0 Å². The summed E-state index contributed by atoms with van der Waals surface area (Å²) in [6.45, 7) is 0.917. The Bertz CT molecular complexity index is 1020. The maximum atomic E-state index is 12.2. The third-order valence-corrected chi connectivity index (χ3v) is 4.34. The third kappa shape index (κ3) is 4.97. The van der Waals surface area contributed by atoms with E-state index in [0.717, 1.165) is 16.5 Å². The fourth-order valence-electron chi connectivity index (χ4n) is 3.09. The molecule has 0 saturated carbocycles. The van der Waals surface area contributed by atoms with Gasteiger partial charge in [0.2, 0.25) is 0 Å². The number of ether oxygens (including phenoxy) is 2. The van der Waals surface area contributed by atoms with Gasteiger partial charge in [0.15, 0.2) is 0 Å². The van der Waals surface area contributed by atoms with Crippen molar-refractivity contribution >= 4 is 16.7 Å². The Balaban J connectivity index is 1.72. The normalized spacial score (nSPS) is 11.4. The largest absolute Gasteiger partial charge is 0.573 e. The number of benzene rings is 3. The number of halogens is 3. The standard InChI is InChI=1S/C21H18F3NO4/c1-28-19-17-4-2-3-14(16(17)9-10-18(19)20(26)27)12-25-11-13-5-7-15(8-6-13)29-21(22,23)24/h2-10,25H,11-12H2,1H3,(H,26,27). The highest BCUT2D eigenvalue weighted by Gasteiger charge is 2.30. The number of hydrogen-bond donors (Lipinski definition) is 2. The van der Waals surface area contributed by atoms with E-state index >= 15 is 0 Å². The van der Waals surface area contributed by atoms with E-state index in [2.05, 4.69) is 10.1 Å². The van der Waals surface area contributed by atoms with E-state index in [9.17, 15) is 23.1 Å². The topological polar surface area (TPSA) is 67.8 Å². The van der Waals surface area contributed by atoms with Crippen molar-refractivity contribution in [3.05, 3.63) is 71.3 Å². The molecule has 0 saturated heterocycles. The van der Waals surface area contributed by atoms with Crippen molar-refractivity contribution in [2.45, 2.75) is 19.5 Å². The molecule has 0 fully saturated rings. The van der Waals surface area contributed by atoms with Crippen molar-refractivity contribution < 1.29 is 32.5 Å². The fraction of sp³-hybridized carbons (Fsp3) is 0.190. The Hall–Kier alpha value is -3.26. The van der Waals surface area contributed by atoms with Gasteiger partial charge in [0.1, 0.15) is 17.1 Å². The van der Waals surface area contributed by atoms with Gasteiger partial charge < -0.3 is 19.9 Å². The number of carboxylic acid groups (broad SMARTS) is 1. The molecule has 0 bridgehead atoms. The molecule has 3 aromatic carbocycles. The minimum atomic E-state index is -4.71. The zero-order valence-electron chi connectivity index (χ0n) is 15.4. The summed E-state index contributed by atoms with van der Waals surface area (Å²) < 4.78 is 45.8. The molecule has 152 valence electrons. The molecule has 0 unspecified atom stereocenters. The highest BCUT2D eigenvalue weighted by molar-refractivity contribution is 6.01. The Morgan fingerprint density at radius 3 is 2.34 bits per heavy atom. The van der Waals surface area contributed by atoms with E-state index in [1.54, 1.807) is 24.3 Å². The first-order valence-electron chi connectivity index (χ1n) is 8.66. The van der Waals surface area contributed by atoms with Crippen LogP contribution in [-0.2, 0) is 13.1 Å². The summed E-state index contributed by atoms with van der Waals surface area (Å²) in [6.07, 6.45) is -4.71. The quantitative estimate of drug-likeness (QED) is 0.595. The van der Waals surface area contributed by atoms with Gasteiger partial charge in [0.25, 0.3) is 0 Å². The van der Waals surface area contributed by atoms with Crippen molar-refractivity contribution in [3.8, 4) is 11.5 Å². The summed E-state index contributed by atoms with van der Waals surface area (Å²) in [7, 11) is 1.43. The molecular formula is C21H18F3NO4. The molecule has 0 heterocycles. The minimum absolute atomic E-state index is 0.0891. The van der Waals surface area contributed by atoms with Gasteiger partial charge >= 0.3 is 12.3 Å². The van der Waals surface area contributed by atoms with Crippen molar-refractivity contribution in [2.24, 2.45) is 0 Å². The molecule has 0 radical (unpaired) electrons. The van der Waals surface area contributed by atoms with Crippen molar-refractivity contribution in [1.29, 1.82) is 0 Å². The van der Waals surface area contributed by atoms with E-state index in [4.69, 9.17) is 4.74 Å². The molecule has 0 aliphatic carbocycles. The number of carboxylic acids is 1. The number of carbonyl (C=O) groups is 1. The molecule has 0 amide bonds. The maximum absolute atomic E-state index is 12.2. The summed E-state index contributed by atoms with van der Waals surface area (Å²) in [5.41, 5.74) is 1.83. The lowest BCUT2D eigenvalue weighted by atomic mass is 10.0. The number of rotatable bonds is 7. The van der Waals surface area contributed by atoms with Crippen molar-refractivity contribution in [3.63, 3.8) is 0 Å². The minimum Gasteiger partial charge on any atom is -0.495 e. The highest BCUT2D eigenvalue weighted by Crippen LogP contribution is 2.32. The second kappa shape index (κ2) is 8.40. The second-order valence-electron chi connectivity index (χ2n) is 6.26. The van der Waals surface area contributed by atoms with Crippen LogP contribution in [0.5, 0.6) is 11.5 Å². The summed E-state index contributed by atoms with van der Waals surface area (Å²) in [5.74, 6) is -1.03. The van der Waals surface area contributed by atoms with E-state index in [1.807, 2.05) is 12.1 Å². The summed E-state index contributed by atoms with van der Waals surface area (Å²) in [5, 5.41) is 14.1. The van der Waals surface area contributed by atoms with Crippen LogP contribution in [0.15, 0.2) is 54.6 Å². The van der Waals surface area contributed by atoms with Crippen LogP contribution in [-0.4, -0.2) is 24.5 Å². The Morgan fingerprint density at radius 1 is 1.00 bits per heavy atom. The van der Waals surface area contributed by atoms with E-state index in [1.165, 1.54) is 25.3 Å². The van der Waals surface area contributed by atoms with Crippen molar-refractivity contribution in [2.75, 3.05) is 7.11 Å². The molecule has 29 heavy (non-hydrogen) atoms. The van der Waals surface area contributed by atoms with Crippen LogP contribution in [0.3, 0.4) is 0 Å². The van der Waals surface area contributed by atoms with Gasteiger partial charge in [0, 0.05) is 18.5 Å². The number of alkyl halides is 3. The molecule has 2 N–H and O–H groups in total. The predicted octanol–water partition coefficient (Wildman–Crippen LogP) is 4.74. The van der Waals surface area contributed by atoms with Crippen molar-refractivity contribution in [1.82, 2.24) is 5.32 Å². The number of aromatic carboxylic acids is 1. The highest BCUT2D eigenvalue weighted by atomic mass is 19.4. The summed E-state index contributed by atoms with van der Waals surface area (Å²) >= 11 is 0. The van der Waals surface area contributed by atoms with E-state index in [0.29, 0.717) is 24.2 Å². The molecule has 8 heteroatoms. The first-order chi connectivity index (χ1) is 13.8. The van der Waals surface area contributed by atoms with Crippen LogP contribution in [0.1, 0.15) is 21.5 Å². The van der Waals surface area contributed by atoms with Gasteiger partial charge in [-0.15, -0.1) is 13.2 Å². The van der Waals surface area contributed by atoms with Gasteiger partial charge in [-0.3, -0.25) is 0 Å². The molecule has 0 aliphatic heterocycles. The van der Waals surface area contributed by atoms with Crippen LogP contribution in [0.2, 0.25) is 0 Å². The number of fused-ring (bicyclic) bond motifs is 1. The molecule has 0 atom stereocenters. The van der Waals surface area contributed by atoms with Crippen LogP contribution in [0.4, 0.5) is 13.2 Å². The molecule has 0 aromatic heterocycles. The lowest BCUT2D eigenvalue weighted by Gasteiger charge is -2.13. The summed E-state index contributed by atoms with van der Waals surface area (Å²) in [4.78, 5) is 11.4. The third-order valence-electron chi connectivity index (χ3n) is 4.34.